The van der Waals surface area contributed by atoms with Crippen LogP contribution in [0.25, 0.3) is 11.1 Å². The molecule has 1 heterocycles. The summed E-state index contributed by atoms with van der Waals surface area (Å²) < 4.78 is 26.2. The zero-order chi connectivity index (χ0) is 26.4. The molecule has 1 fully saturated rings. The molecule has 2 aliphatic rings. The standard InChI is InChI=1S/C31H34FNO4/c1-30(2,3)28(36-4)25-12-19(7-10-24(25)21-13-22(32)17-33-16-21)18-37-23-9-8-20-6-5-11-31(26(20)14-23)15-27(31)29(34)35/h7-10,12-14,16-17,27-28H,5-6,11,15,18H2,1-4H3,(H,34,35). The molecule has 0 bridgehead atoms. The Morgan fingerprint density at radius 1 is 1.19 bits per heavy atom. The molecule has 0 amide bonds. The number of halogens is 1. The van der Waals surface area contributed by atoms with Crippen molar-refractivity contribution in [1.29, 1.82) is 0 Å². The van der Waals surface area contributed by atoms with Crippen molar-refractivity contribution in [2.45, 2.75) is 64.6 Å². The maximum Gasteiger partial charge on any atom is 0.307 e. The molecule has 0 saturated heterocycles. The van der Waals surface area contributed by atoms with E-state index < -0.39 is 5.97 Å². The number of carboxylic acids is 1. The molecule has 5 nitrogen and oxygen atoms in total. The van der Waals surface area contributed by atoms with E-state index in [1.165, 1.54) is 17.8 Å². The number of carboxylic acid groups (broad SMARTS) is 1. The number of nitrogens with zero attached hydrogens (tertiary/aromatic N) is 1. The Bertz CT molecular complexity index is 1330. The molecule has 0 aliphatic heterocycles. The Morgan fingerprint density at radius 3 is 2.68 bits per heavy atom. The number of aryl methyl sites for hydroxylation is 1. The van der Waals surface area contributed by atoms with Gasteiger partial charge in [-0.05, 0) is 83.2 Å². The number of hydrogen-bond donors (Lipinski definition) is 1. The number of rotatable bonds is 7. The Morgan fingerprint density at radius 2 is 2.00 bits per heavy atom. The molecule has 1 N–H and O–H groups in total. The molecule has 2 aliphatic carbocycles. The highest BCUT2D eigenvalue weighted by atomic mass is 19.1. The van der Waals surface area contributed by atoms with Crippen molar-refractivity contribution in [2.75, 3.05) is 7.11 Å². The normalized spacial score (nSPS) is 21.4. The summed E-state index contributed by atoms with van der Waals surface area (Å²) >= 11 is 0. The number of hydrogen-bond acceptors (Lipinski definition) is 4. The fourth-order valence-corrected chi connectivity index (χ4v) is 6.11. The summed E-state index contributed by atoms with van der Waals surface area (Å²) in [5.74, 6) is -0.633. The first kappa shape index (κ1) is 25.4. The summed E-state index contributed by atoms with van der Waals surface area (Å²) in [6.07, 6.45) is 6.28. The van der Waals surface area contributed by atoms with Gasteiger partial charge in [-0.15, -0.1) is 0 Å². The highest BCUT2D eigenvalue weighted by molar-refractivity contribution is 5.78. The van der Waals surface area contributed by atoms with Crippen LogP contribution in [0.2, 0.25) is 0 Å². The second-order valence-electron chi connectivity index (χ2n) is 11.5. The van der Waals surface area contributed by atoms with E-state index in [0.29, 0.717) is 18.6 Å². The maximum atomic E-state index is 14.0. The van der Waals surface area contributed by atoms with Crippen LogP contribution in [0.5, 0.6) is 5.75 Å². The second kappa shape index (κ2) is 9.56. The highest BCUT2D eigenvalue weighted by Crippen LogP contribution is 2.60. The Kier molecular flexibility index (Phi) is 6.57. The predicted molar refractivity (Wildman–Crippen MR) is 140 cm³/mol. The molecular formula is C31H34FNO4. The van der Waals surface area contributed by atoms with Crippen LogP contribution in [0.3, 0.4) is 0 Å². The lowest BCUT2D eigenvalue weighted by atomic mass is 9.78. The van der Waals surface area contributed by atoms with Gasteiger partial charge in [0.05, 0.1) is 18.2 Å². The molecule has 3 atom stereocenters. The van der Waals surface area contributed by atoms with Gasteiger partial charge in [-0.25, -0.2) is 4.39 Å². The fourth-order valence-electron chi connectivity index (χ4n) is 6.11. The number of methoxy groups -OCH3 is 1. The number of fused-ring (bicyclic) bond motifs is 2. The van der Waals surface area contributed by atoms with E-state index in [1.807, 2.05) is 18.2 Å². The third kappa shape index (κ3) is 4.87. The Hall–Kier alpha value is -3.25. The van der Waals surface area contributed by atoms with E-state index in [2.05, 4.69) is 44.0 Å². The minimum atomic E-state index is -0.702. The minimum absolute atomic E-state index is 0.193. The summed E-state index contributed by atoms with van der Waals surface area (Å²) in [5, 5.41) is 9.62. The molecule has 5 rings (SSSR count). The average molecular weight is 504 g/mol. The third-order valence-corrected chi connectivity index (χ3v) is 7.90. The van der Waals surface area contributed by atoms with Crippen molar-refractivity contribution in [2.24, 2.45) is 11.3 Å². The monoisotopic (exact) mass is 503 g/mol. The zero-order valence-electron chi connectivity index (χ0n) is 21.9. The van der Waals surface area contributed by atoms with Crippen LogP contribution >= 0.6 is 0 Å². The fraction of sp³-hybridized carbons (Fsp3) is 0.419. The third-order valence-electron chi connectivity index (χ3n) is 7.90. The molecule has 1 spiro atoms. The number of benzene rings is 2. The predicted octanol–water partition coefficient (Wildman–Crippen LogP) is 6.88. The van der Waals surface area contributed by atoms with Crippen molar-refractivity contribution >= 4 is 5.97 Å². The van der Waals surface area contributed by atoms with E-state index in [0.717, 1.165) is 47.3 Å². The lowest BCUT2D eigenvalue weighted by molar-refractivity contribution is -0.139. The lowest BCUT2D eigenvalue weighted by Crippen LogP contribution is -2.21. The van der Waals surface area contributed by atoms with Crippen LogP contribution in [0.15, 0.2) is 54.9 Å². The van der Waals surface area contributed by atoms with Gasteiger partial charge in [-0.2, -0.15) is 0 Å². The first-order valence-electron chi connectivity index (χ1n) is 12.9. The van der Waals surface area contributed by atoms with Crippen molar-refractivity contribution in [1.82, 2.24) is 4.98 Å². The topological polar surface area (TPSA) is 68.7 Å². The number of aliphatic carboxylic acids is 1. The van der Waals surface area contributed by atoms with Crippen LogP contribution < -0.4 is 4.74 Å². The zero-order valence-corrected chi connectivity index (χ0v) is 21.9. The average Bonchev–Trinajstić information content (AvgIpc) is 3.58. The molecule has 3 aromatic rings. The first-order valence-corrected chi connectivity index (χ1v) is 12.9. The van der Waals surface area contributed by atoms with Crippen LogP contribution in [0.4, 0.5) is 4.39 Å². The van der Waals surface area contributed by atoms with Gasteiger partial charge < -0.3 is 14.6 Å². The van der Waals surface area contributed by atoms with Crippen LogP contribution in [-0.2, 0) is 28.0 Å². The molecular weight excluding hydrogens is 469 g/mol. The van der Waals surface area contributed by atoms with Gasteiger partial charge in [0.25, 0.3) is 0 Å². The molecule has 3 unspecified atom stereocenters. The number of aromatic nitrogens is 1. The summed E-state index contributed by atoms with van der Waals surface area (Å²) in [6.45, 7) is 6.69. The highest BCUT2D eigenvalue weighted by Gasteiger charge is 2.60. The van der Waals surface area contributed by atoms with Crippen LogP contribution in [-0.4, -0.2) is 23.2 Å². The van der Waals surface area contributed by atoms with E-state index >= 15 is 0 Å². The molecule has 0 radical (unpaired) electrons. The second-order valence-corrected chi connectivity index (χ2v) is 11.5. The Balaban J connectivity index is 1.44. The van der Waals surface area contributed by atoms with Crippen molar-refractivity contribution in [3.8, 4) is 16.9 Å². The van der Waals surface area contributed by atoms with Gasteiger partial charge in [0, 0.05) is 24.3 Å². The van der Waals surface area contributed by atoms with Gasteiger partial charge in [-0.1, -0.05) is 39.0 Å². The summed E-state index contributed by atoms with van der Waals surface area (Å²) in [6, 6.07) is 13.7. The van der Waals surface area contributed by atoms with Gasteiger partial charge >= 0.3 is 5.97 Å². The number of ether oxygens (including phenoxy) is 2. The van der Waals surface area contributed by atoms with Crippen LogP contribution in [0.1, 0.15) is 68.4 Å². The van der Waals surface area contributed by atoms with E-state index in [4.69, 9.17) is 9.47 Å². The molecule has 1 aromatic heterocycles. The first-order chi connectivity index (χ1) is 17.6. The largest absolute Gasteiger partial charge is 0.489 e. The van der Waals surface area contributed by atoms with Gasteiger partial charge in [0.1, 0.15) is 18.2 Å². The minimum Gasteiger partial charge on any atom is -0.489 e. The Labute approximate surface area is 217 Å². The molecule has 37 heavy (non-hydrogen) atoms. The van der Waals surface area contributed by atoms with Crippen molar-refractivity contribution in [3.05, 3.63) is 82.9 Å². The van der Waals surface area contributed by atoms with E-state index in [9.17, 15) is 14.3 Å². The number of carbonyl (C=O) groups is 1. The molecule has 2 aromatic carbocycles. The number of pyridine rings is 1. The van der Waals surface area contributed by atoms with Gasteiger partial charge in [-0.3, -0.25) is 9.78 Å². The van der Waals surface area contributed by atoms with E-state index in [-0.39, 0.29) is 28.7 Å². The lowest BCUT2D eigenvalue weighted by Gasteiger charge is -2.31. The summed E-state index contributed by atoms with van der Waals surface area (Å²) in [7, 11) is 1.69. The quantitative estimate of drug-likeness (QED) is 0.381. The molecule has 194 valence electrons. The van der Waals surface area contributed by atoms with Crippen molar-refractivity contribution < 1.29 is 23.8 Å². The summed E-state index contributed by atoms with van der Waals surface area (Å²) in [5.41, 5.74) is 5.46. The SMILES string of the molecule is COC(c1cc(COc2ccc3c(c2)C2(CCC3)CC2C(=O)O)ccc1-c1cncc(F)c1)C(C)(C)C. The van der Waals surface area contributed by atoms with Crippen molar-refractivity contribution in [3.63, 3.8) is 0 Å². The summed E-state index contributed by atoms with van der Waals surface area (Å²) in [4.78, 5) is 15.7. The smallest absolute Gasteiger partial charge is 0.307 e. The van der Waals surface area contributed by atoms with Crippen LogP contribution in [0, 0.1) is 17.2 Å². The van der Waals surface area contributed by atoms with Gasteiger partial charge in [0.15, 0.2) is 0 Å². The maximum absolute atomic E-state index is 14.0. The van der Waals surface area contributed by atoms with E-state index in [1.54, 1.807) is 13.3 Å². The molecule has 1 saturated carbocycles. The van der Waals surface area contributed by atoms with Gasteiger partial charge in [0.2, 0.25) is 0 Å². The molecule has 6 heteroatoms.